The zero-order valence-corrected chi connectivity index (χ0v) is 12.1. The zero-order valence-electron chi connectivity index (χ0n) is 12.1. The Morgan fingerprint density at radius 1 is 1.19 bits per heavy atom. The van der Waals surface area contributed by atoms with Crippen molar-refractivity contribution in [3.8, 4) is 5.75 Å². The molecule has 0 unspecified atom stereocenters. The van der Waals surface area contributed by atoms with E-state index in [2.05, 4.69) is 12.0 Å². The standard InChI is InChI=1S/C17H17FN2O/c1-3-20-17-7-5-4-6-14(17)16(19-20)11-21-13-9-8-12(2)15(18)10-13/h4-10H,3,11H2,1-2H3. The van der Waals surface area contributed by atoms with Gasteiger partial charge >= 0.3 is 0 Å². The third-order valence-corrected chi connectivity index (χ3v) is 3.55. The van der Waals surface area contributed by atoms with Gasteiger partial charge in [-0.15, -0.1) is 0 Å². The van der Waals surface area contributed by atoms with Crippen LogP contribution in [0.5, 0.6) is 5.75 Å². The van der Waals surface area contributed by atoms with Crippen LogP contribution in [-0.4, -0.2) is 9.78 Å². The largest absolute Gasteiger partial charge is 0.487 e. The van der Waals surface area contributed by atoms with E-state index < -0.39 is 0 Å². The van der Waals surface area contributed by atoms with Crippen LogP contribution in [0.3, 0.4) is 0 Å². The summed E-state index contributed by atoms with van der Waals surface area (Å²) in [5.74, 6) is 0.268. The number of hydrogen-bond acceptors (Lipinski definition) is 2. The van der Waals surface area contributed by atoms with Crippen LogP contribution in [0.2, 0.25) is 0 Å². The molecule has 1 aromatic heterocycles. The molecule has 2 aromatic carbocycles. The second kappa shape index (κ2) is 5.56. The number of aryl methyl sites for hydroxylation is 2. The predicted octanol–water partition coefficient (Wildman–Crippen LogP) is 4.08. The first-order valence-corrected chi connectivity index (χ1v) is 7.02. The Labute approximate surface area is 123 Å². The fourth-order valence-corrected chi connectivity index (χ4v) is 2.36. The van der Waals surface area contributed by atoms with Crippen molar-refractivity contribution < 1.29 is 9.13 Å². The van der Waals surface area contributed by atoms with Crippen LogP contribution in [0.15, 0.2) is 42.5 Å². The summed E-state index contributed by atoms with van der Waals surface area (Å²) in [6.45, 7) is 4.92. The molecule has 0 aliphatic carbocycles. The van der Waals surface area contributed by atoms with Gasteiger partial charge in [0.2, 0.25) is 0 Å². The van der Waals surface area contributed by atoms with E-state index in [0.717, 1.165) is 23.1 Å². The molecule has 0 atom stereocenters. The Bertz CT molecular complexity index is 780. The van der Waals surface area contributed by atoms with Gasteiger partial charge in [-0.1, -0.05) is 24.3 Å². The first kappa shape index (κ1) is 13.6. The molecule has 0 aliphatic rings. The number of hydrogen-bond donors (Lipinski definition) is 0. The van der Waals surface area contributed by atoms with E-state index in [1.807, 2.05) is 28.9 Å². The SMILES string of the molecule is CCn1nc(COc2ccc(C)c(F)c2)c2ccccc21. The van der Waals surface area contributed by atoms with E-state index in [1.165, 1.54) is 6.07 Å². The molecule has 0 N–H and O–H groups in total. The van der Waals surface area contributed by atoms with Crippen LogP contribution in [0, 0.1) is 12.7 Å². The number of halogens is 1. The van der Waals surface area contributed by atoms with Gasteiger partial charge in [0.25, 0.3) is 0 Å². The lowest BCUT2D eigenvalue weighted by atomic mass is 10.2. The number of para-hydroxylation sites is 1. The quantitative estimate of drug-likeness (QED) is 0.721. The van der Waals surface area contributed by atoms with Gasteiger partial charge in [0.1, 0.15) is 23.9 Å². The van der Waals surface area contributed by atoms with E-state index in [1.54, 1.807) is 19.1 Å². The van der Waals surface area contributed by atoms with E-state index in [9.17, 15) is 4.39 Å². The lowest BCUT2D eigenvalue weighted by Gasteiger charge is -2.05. The molecule has 0 amide bonds. The molecule has 0 bridgehead atoms. The molecule has 0 saturated carbocycles. The van der Waals surface area contributed by atoms with Crippen LogP contribution >= 0.6 is 0 Å². The van der Waals surface area contributed by atoms with E-state index in [-0.39, 0.29) is 5.82 Å². The smallest absolute Gasteiger partial charge is 0.133 e. The summed E-state index contributed by atoms with van der Waals surface area (Å²) in [7, 11) is 0. The maximum absolute atomic E-state index is 13.5. The van der Waals surface area contributed by atoms with E-state index in [0.29, 0.717) is 17.9 Å². The van der Waals surface area contributed by atoms with Gasteiger partial charge < -0.3 is 4.74 Å². The number of rotatable bonds is 4. The molecule has 0 aliphatic heterocycles. The third-order valence-electron chi connectivity index (χ3n) is 3.55. The maximum atomic E-state index is 13.5. The summed E-state index contributed by atoms with van der Waals surface area (Å²) < 4.78 is 21.1. The van der Waals surface area contributed by atoms with Gasteiger partial charge in [-0.05, 0) is 31.5 Å². The molecule has 0 saturated heterocycles. The van der Waals surface area contributed by atoms with Crippen LogP contribution in [0.1, 0.15) is 18.2 Å². The van der Waals surface area contributed by atoms with Crippen molar-refractivity contribution in [1.29, 1.82) is 0 Å². The summed E-state index contributed by atoms with van der Waals surface area (Å²) in [5.41, 5.74) is 2.57. The van der Waals surface area contributed by atoms with Gasteiger partial charge in [-0.25, -0.2) is 4.39 Å². The zero-order chi connectivity index (χ0) is 14.8. The number of ether oxygens (including phenoxy) is 1. The average molecular weight is 284 g/mol. The van der Waals surface area contributed by atoms with Gasteiger partial charge in [-0.2, -0.15) is 5.10 Å². The Balaban J connectivity index is 1.86. The molecule has 3 nitrogen and oxygen atoms in total. The van der Waals surface area contributed by atoms with Crippen LogP contribution < -0.4 is 4.74 Å². The first-order valence-electron chi connectivity index (χ1n) is 7.02. The maximum Gasteiger partial charge on any atom is 0.133 e. The van der Waals surface area contributed by atoms with Crippen molar-refractivity contribution in [2.75, 3.05) is 0 Å². The van der Waals surface area contributed by atoms with E-state index in [4.69, 9.17) is 4.74 Å². The lowest BCUT2D eigenvalue weighted by molar-refractivity contribution is 0.299. The summed E-state index contributed by atoms with van der Waals surface area (Å²) in [4.78, 5) is 0. The average Bonchev–Trinajstić information content (AvgIpc) is 2.87. The minimum Gasteiger partial charge on any atom is -0.487 e. The van der Waals surface area contributed by atoms with Crippen molar-refractivity contribution >= 4 is 10.9 Å². The monoisotopic (exact) mass is 284 g/mol. The fourth-order valence-electron chi connectivity index (χ4n) is 2.36. The minimum absolute atomic E-state index is 0.253. The molecule has 108 valence electrons. The highest BCUT2D eigenvalue weighted by molar-refractivity contribution is 5.81. The Hall–Kier alpha value is -2.36. The Morgan fingerprint density at radius 3 is 2.76 bits per heavy atom. The van der Waals surface area contributed by atoms with Crippen molar-refractivity contribution in [3.63, 3.8) is 0 Å². The molecule has 21 heavy (non-hydrogen) atoms. The van der Waals surface area contributed by atoms with Gasteiger partial charge in [-0.3, -0.25) is 4.68 Å². The molecule has 0 radical (unpaired) electrons. The lowest BCUT2D eigenvalue weighted by Crippen LogP contribution is -2.00. The number of fused-ring (bicyclic) bond motifs is 1. The van der Waals surface area contributed by atoms with Crippen molar-refractivity contribution in [2.45, 2.75) is 27.0 Å². The highest BCUT2D eigenvalue weighted by Crippen LogP contribution is 2.21. The summed E-state index contributed by atoms with van der Waals surface area (Å²) >= 11 is 0. The van der Waals surface area contributed by atoms with Crippen LogP contribution in [-0.2, 0) is 13.2 Å². The van der Waals surface area contributed by atoms with E-state index >= 15 is 0 Å². The van der Waals surface area contributed by atoms with Gasteiger partial charge in [0, 0.05) is 18.0 Å². The second-order valence-electron chi connectivity index (χ2n) is 4.98. The molecular formula is C17H17FN2O. The molecule has 0 spiro atoms. The number of nitrogens with zero attached hydrogens (tertiary/aromatic N) is 2. The molecule has 4 heteroatoms. The molecule has 0 fully saturated rings. The fraction of sp³-hybridized carbons (Fsp3) is 0.235. The van der Waals surface area contributed by atoms with Gasteiger partial charge in [0.05, 0.1) is 5.52 Å². The Morgan fingerprint density at radius 2 is 2.00 bits per heavy atom. The normalized spacial score (nSPS) is 11.0. The van der Waals surface area contributed by atoms with Crippen molar-refractivity contribution in [1.82, 2.24) is 9.78 Å². The second-order valence-corrected chi connectivity index (χ2v) is 4.98. The summed E-state index contributed by atoms with van der Waals surface area (Å²) in [6.07, 6.45) is 0. The van der Waals surface area contributed by atoms with Crippen molar-refractivity contribution in [3.05, 3.63) is 59.5 Å². The molecule has 3 aromatic rings. The Kier molecular flexibility index (Phi) is 3.60. The molecule has 1 heterocycles. The van der Waals surface area contributed by atoms with Crippen LogP contribution in [0.4, 0.5) is 4.39 Å². The highest BCUT2D eigenvalue weighted by Gasteiger charge is 2.10. The minimum atomic E-state index is -0.253. The predicted molar refractivity (Wildman–Crippen MR) is 80.9 cm³/mol. The summed E-state index contributed by atoms with van der Waals surface area (Å²) in [5, 5.41) is 5.64. The summed E-state index contributed by atoms with van der Waals surface area (Å²) in [6, 6.07) is 13.0. The molecular weight excluding hydrogens is 267 g/mol. The number of aromatic nitrogens is 2. The topological polar surface area (TPSA) is 27.1 Å². The highest BCUT2D eigenvalue weighted by atomic mass is 19.1. The first-order chi connectivity index (χ1) is 10.2. The number of benzene rings is 2. The third kappa shape index (κ3) is 2.61. The van der Waals surface area contributed by atoms with Crippen molar-refractivity contribution in [2.24, 2.45) is 0 Å². The van der Waals surface area contributed by atoms with Crippen LogP contribution in [0.25, 0.3) is 10.9 Å². The van der Waals surface area contributed by atoms with Gasteiger partial charge in [0.15, 0.2) is 0 Å². The molecule has 3 rings (SSSR count).